The molecule has 3 rings (SSSR count). The van der Waals surface area contributed by atoms with Gasteiger partial charge in [0, 0.05) is 6.04 Å². The second-order valence-corrected chi connectivity index (χ2v) is 6.92. The molecule has 4 heteroatoms. The zero-order valence-corrected chi connectivity index (χ0v) is 16.2. The van der Waals surface area contributed by atoms with Crippen LogP contribution in [0.3, 0.4) is 0 Å². The average Bonchev–Trinajstić information content (AvgIpc) is 2.65. The van der Waals surface area contributed by atoms with Crippen molar-refractivity contribution in [2.45, 2.75) is 44.6 Å². The molecule has 0 spiro atoms. The van der Waals surface area contributed by atoms with Gasteiger partial charge in [-0.2, -0.15) is 0 Å². The normalized spacial score (nSPS) is 17.5. The third-order valence-corrected chi connectivity index (χ3v) is 5.01. The van der Waals surface area contributed by atoms with Crippen LogP contribution in [0.2, 0.25) is 0 Å². The molecule has 1 heterocycles. The number of hydrogen-bond donors (Lipinski definition) is 1. The molecule has 1 unspecified atom stereocenters. The Morgan fingerprint density at radius 3 is 2.50 bits per heavy atom. The van der Waals surface area contributed by atoms with E-state index in [0.717, 1.165) is 25.3 Å². The van der Waals surface area contributed by atoms with Crippen molar-refractivity contribution in [1.29, 1.82) is 0 Å². The summed E-state index contributed by atoms with van der Waals surface area (Å²) in [6.07, 6.45) is 7.41. The molecule has 0 aromatic heterocycles. The van der Waals surface area contributed by atoms with Crippen LogP contribution in [0.1, 0.15) is 37.7 Å². The molecule has 2 aromatic carbocycles. The van der Waals surface area contributed by atoms with Crippen LogP contribution < -0.4 is 4.74 Å². The van der Waals surface area contributed by atoms with E-state index in [1.54, 1.807) is 12.1 Å². The van der Waals surface area contributed by atoms with Gasteiger partial charge in [-0.05, 0) is 75.0 Å². The van der Waals surface area contributed by atoms with Crippen LogP contribution in [-0.4, -0.2) is 35.7 Å². The second-order valence-electron chi connectivity index (χ2n) is 6.92. The van der Waals surface area contributed by atoms with E-state index in [9.17, 15) is 5.11 Å². The van der Waals surface area contributed by atoms with Crippen LogP contribution in [-0.2, 0) is 6.42 Å². The topological polar surface area (TPSA) is 32.7 Å². The van der Waals surface area contributed by atoms with Gasteiger partial charge in [0.05, 0.1) is 6.61 Å². The zero-order chi connectivity index (χ0) is 17.3. The molecular weight excluding hydrogens is 346 g/mol. The Morgan fingerprint density at radius 2 is 1.73 bits per heavy atom. The number of rotatable bonds is 8. The monoisotopic (exact) mass is 375 g/mol. The predicted molar refractivity (Wildman–Crippen MR) is 109 cm³/mol. The van der Waals surface area contributed by atoms with Crippen molar-refractivity contribution in [1.82, 2.24) is 4.90 Å². The lowest BCUT2D eigenvalue weighted by atomic mass is 9.95. The lowest BCUT2D eigenvalue weighted by Crippen LogP contribution is -2.41. The van der Waals surface area contributed by atoms with Crippen molar-refractivity contribution < 1.29 is 9.84 Å². The third-order valence-electron chi connectivity index (χ3n) is 5.01. The quantitative estimate of drug-likeness (QED) is 0.654. The maximum Gasteiger partial charge on any atom is 0.119 e. The molecule has 1 N–H and O–H groups in total. The van der Waals surface area contributed by atoms with Gasteiger partial charge in [0.25, 0.3) is 0 Å². The number of benzene rings is 2. The van der Waals surface area contributed by atoms with Crippen molar-refractivity contribution in [2.24, 2.45) is 0 Å². The Hall–Kier alpha value is -1.71. The van der Waals surface area contributed by atoms with E-state index in [-0.39, 0.29) is 18.2 Å². The summed E-state index contributed by atoms with van der Waals surface area (Å²) in [5, 5.41) is 9.28. The minimum Gasteiger partial charge on any atom is -0.508 e. The van der Waals surface area contributed by atoms with E-state index >= 15 is 0 Å². The molecule has 1 aliphatic heterocycles. The van der Waals surface area contributed by atoms with Crippen LogP contribution in [0, 0.1) is 0 Å². The Balaban J connectivity index is 0.00000243. The van der Waals surface area contributed by atoms with E-state index in [0.29, 0.717) is 6.04 Å². The minimum absolute atomic E-state index is 0. The first-order chi connectivity index (χ1) is 12.3. The summed E-state index contributed by atoms with van der Waals surface area (Å²) < 4.78 is 5.74. The Bertz CT molecular complexity index is 618. The van der Waals surface area contributed by atoms with Gasteiger partial charge >= 0.3 is 0 Å². The summed E-state index contributed by atoms with van der Waals surface area (Å²) >= 11 is 0. The number of unbranched alkanes of at least 4 members (excludes halogenated alkanes) is 1. The molecule has 1 fully saturated rings. The molecular formula is C22H30ClNO2. The lowest BCUT2D eigenvalue weighted by molar-refractivity contribution is 0.142. The van der Waals surface area contributed by atoms with Gasteiger partial charge in [0.2, 0.25) is 0 Å². The average molecular weight is 376 g/mol. The van der Waals surface area contributed by atoms with Gasteiger partial charge in [-0.1, -0.05) is 36.8 Å². The Morgan fingerprint density at radius 1 is 0.962 bits per heavy atom. The smallest absolute Gasteiger partial charge is 0.119 e. The predicted octanol–water partition coefficient (Wildman–Crippen LogP) is 5.07. The Kier molecular flexibility index (Phi) is 8.79. The van der Waals surface area contributed by atoms with Crippen molar-refractivity contribution >= 4 is 12.4 Å². The zero-order valence-electron chi connectivity index (χ0n) is 15.3. The molecule has 1 aliphatic rings. The van der Waals surface area contributed by atoms with Crippen LogP contribution in [0.25, 0.3) is 0 Å². The number of nitrogens with zero attached hydrogens (tertiary/aromatic N) is 1. The SMILES string of the molecule is Cl.Oc1ccc(OCCCCN2CCCCC2Cc2ccccc2)cc1. The minimum atomic E-state index is 0. The number of aromatic hydroxyl groups is 1. The highest BCUT2D eigenvalue weighted by Crippen LogP contribution is 2.21. The summed E-state index contributed by atoms with van der Waals surface area (Å²) in [5.74, 6) is 1.11. The largest absolute Gasteiger partial charge is 0.508 e. The third kappa shape index (κ3) is 6.54. The summed E-state index contributed by atoms with van der Waals surface area (Å²) in [4.78, 5) is 2.68. The molecule has 0 saturated carbocycles. The number of hydrogen-bond acceptors (Lipinski definition) is 3. The maximum atomic E-state index is 9.28. The molecule has 26 heavy (non-hydrogen) atoms. The molecule has 0 aliphatic carbocycles. The number of piperidine rings is 1. The van der Waals surface area contributed by atoms with Crippen molar-refractivity contribution in [3.05, 3.63) is 60.2 Å². The van der Waals surface area contributed by atoms with Crippen LogP contribution in [0.15, 0.2) is 54.6 Å². The molecule has 3 nitrogen and oxygen atoms in total. The first-order valence-electron chi connectivity index (χ1n) is 9.51. The number of likely N-dealkylation sites (tertiary alicyclic amines) is 1. The molecule has 2 aromatic rings. The second kappa shape index (κ2) is 11.1. The summed E-state index contributed by atoms with van der Waals surface area (Å²) in [6, 6.07) is 18.5. The molecule has 0 bridgehead atoms. The standard InChI is InChI=1S/C22H29NO2.ClH/c24-21-11-13-22(14-12-21)25-17-7-6-16-23-15-5-4-10-20(23)18-19-8-2-1-3-9-19;/h1-3,8-9,11-14,20,24H,4-7,10,15-18H2;1H. The fraction of sp³-hybridized carbons (Fsp3) is 0.455. The molecule has 0 radical (unpaired) electrons. The summed E-state index contributed by atoms with van der Waals surface area (Å²) in [6.45, 7) is 3.13. The van der Waals surface area contributed by atoms with Gasteiger partial charge in [-0.25, -0.2) is 0 Å². The van der Waals surface area contributed by atoms with Gasteiger partial charge < -0.3 is 14.7 Å². The van der Waals surface area contributed by atoms with Gasteiger partial charge in [-0.15, -0.1) is 12.4 Å². The van der Waals surface area contributed by atoms with E-state index in [4.69, 9.17) is 4.74 Å². The van der Waals surface area contributed by atoms with Gasteiger partial charge in [0.1, 0.15) is 11.5 Å². The summed E-state index contributed by atoms with van der Waals surface area (Å²) in [5.41, 5.74) is 1.45. The van der Waals surface area contributed by atoms with Crippen LogP contribution >= 0.6 is 12.4 Å². The van der Waals surface area contributed by atoms with E-state index in [2.05, 4.69) is 35.2 Å². The molecule has 142 valence electrons. The fourth-order valence-corrected chi connectivity index (χ4v) is 3.62. The van der Waals surface area contributed by atoms with Crippen molar-refractivity contribution in [3.8, 4) is 11.5 Å². The van der Waals surface area contributed by atoms with Gasteiger partial charge in [0.15, 0.2) is 0 Å². The van der Waals surface area contributed by atoms with E-state index < -0.39 is 0 Å². The number of phenols is 1. The number of halogens is 1. The first kappa shape index (κ1) is 20.6. The maximum absolute atomic E-state index is 9.28. The highest BCUT2D eigenvalue weighted by atomic mass is 35.5. The van der Waals surface area contributed by atoms with Crippen LogP contribution in [0.4, 0.5) is 0 Å². The number of ether oxygens (including phenoxy) is 1. The van der Waals surface area contributed by atoms with Gasteiger partial charge in [-0.3, -0.25) is 0 Å². The highest BCUT2D eigenvalue weighted by Gasteiger charge is 2.21. The molecule has 0 amide bonds. The van der Waals surface area contributed by atoms with E-state index in [1.807, 2.05) is 12.1 Å². The Labute approximate surface area is 163 Å². The lowest BCUT2D eigenvalue weighted by Gasteiger charge is -2.36. The highest BCUT2D eigenvalue weighted by molar-refractivity contribution is 5.85. The summed E-state index contributed by atoms with van der Waals surface area (Å²) in [7, 11) is 0. The molecule has 1 atom stereocenters. The molecule has 1 saturated heterocycles. The number of phenolic OH excluding ortho intramolecular Hbond substituents is 1. The van der Waals surface area contributed by atoms with E-state index in [1.165, 1.54) is 44.2 Å². The van der Waals surface area contributed by atoms with Crippen molar-refractivity contribution in [3.63, 3.8) is 0 Å². The fourth-order valence-electron chi connectivity index (χ4n) is 3.62. The first-order valence-corrected chi connectivity index (χ1v) is 9.51. The van der Waals surface area contributed by atoms with Crippen LogP contribution in [0.5, 0.6) is 11.5 Å². The van der Waals surface area contributed by atoms with Crippen molar-refractivity contribution in [2.75, 3.05) is 19.7 Å².